The minimum atomic E-state index is -3.77. The van der Waals surface area contributed by atoms with Crippen LogP contribution in [0.25, 0.3) is 0 Å². The van der Waals surface area contributed by atoms with Crippen molar-refractivity contribution in [2.24, 2.45) is 0 Å². The molecular formula is C24H32N2O3S2. The van der Waals surface area contributed by atoms with Crippen molar-refractivity contribution < 1.29 is 13.2 Å². The van der Waals surface area contributed by atoms with Crippen LogP contribution in [-0.2, 0) is 16.4 Å². The molecule has 7 heteroatoms. The van der Waals surface area contributed by atoms with E-state index in [-0.39, 0.29) is 16.8 Å². The van der Waals surface area contributed by atoms with Crippen molar-refractivity contribution in [3.8, 4) is 0 Å². The van der Waals surface area contributed by atoms with E-state index in [1.165, 1.54) is 23.4 Å². The van der Waals surface area contributed by atoms with Crippen molar-refractivity contribution in [2.75, 3.05) is 19.3 Å². The number of thioether (sulfide) groups is 1. The Morgan fingerprint density at radius 1 is 1.06 bits per heavy atom. The fraction of sp³-hybridized carbons (Fsp3) is 0.458. The first-order valence-electron chi connectivity index (χ1n) is 10.9. The summed E-state index contributed by atoms with van der Waals surface area (Å²) in [5.74, 6) is -0.0773. The maximum Gasteiger partial charge on any atom is 0.255 e. The van der Waals surface area contributed by atoms with Crippen molar-refractivity contribution in [3.63, 3.8) is 0 Å². The van der Waals surface area contributed by atoms with Crippen molar-refractivity contribution >= 4 is 27.7 Å². The van der Waals surface area contributed by atoms with Gasteiger partial charge in [0.25, 0.3) is 5.91 Å². The zero-order valence-corrected chi connectivity index (χ0v) is 20.2. The first kappa shape index (κ1) is 23.8. The lowest BCUT2D eigenvalue weighted by molar-refractivity contribution is 0.0758. The molecule has 168 valence electrons. The molecule has 1 fully saturated rings. The molecule has 0 saturated carbocycles. The number of carbonyl (C=O) groups excluding carboxylic acids is 1. The third-order valence-electron chi connectivity index (χ3n) is 5.82. The first-order valence-corrected chi connectivity index (χ1v) is 13.6. The van der Waals surface area contributed by atoms with Crippen LogP contribution in [0.15, 0.2) is 52.3 Å². The van der Waals surface area contributed by atoms with Gasteiger partial charge in [0.2, 0.25) is 10.0 Å². The summed E-state index contributed by atoms with van der Waals surface area (Å²) in [6, 6.07) is 12.4. The Labute approximate surface area is 190 Å². The minimum Gasteiger partial charge on any atom is -0.339 e. The Bertz CT molecular complexity index is 996. The second-order valence-corrected chi connectivity index (χ2v) is 10.6. The minimum absolute atomic E-state index is 0.0773. The predicted molar refractivity (Wildman–Crippen MR) is 127 cm³/mol. The van der Waals surface area contributed by atoms with Crippen LogP contribution < -0.4 is 4.72 Å². The molecule has 1 amide bonds. The summed E-state index contributed by atoms with van der Waals surface area (Å²) >= 11 is 1.46. The molecule has 0 radical (unpaired) electrons. The number of benzene rings is 2. The normalized spacial score (nSPS) is 16.0. The van der Waals surface area contributed by atoms with Gasteiger partial charge in [-0.3, -0.25) is 4.79 Å². The van der Waals surface area contributed by atoms with Gasteiger partial charge in [-0.05, 0) is 61.8 Å². The number of likely N-dealkylation sites (tertiary alicyclic amines) is 1. The van der Waals surface area contributed by atoms with E-state index < -0.39 is 10.0 Å². The summed E-state index contributed by atoms with van der Waals surface area (Å²) < 4.78 is 29.0. The monoisotopic (exact) mass is 460 g/mol. The fourth-order valence-corrected chi connectivity index (χ4v) is 5.70. The molecule has 1 aliphatic heterocycles. The molecule has 0 aliphatic carbocycles. The third-order valence-corrected chi connectivity index (χ3v) is 8.16. The molecule has 1 aliphatic rings. The number of amides is 1. The molecule has 1 atom stereocenters. The Morgan fingerprint density at radius 3 is 2.29 bits per heavy atom. The average Bonchev–Trinajstić information content (AvgIpc) is 3.07. The summed E-state index contributed by atoms with van der Waals surface area (Å²) in [6.07, 6.45) is 7.10. The molecular weight excluding hydrogens is 428 g/mol. The number of hydrogen-bond acceptors (Lipinski definition) is 4. The predicted octanol–water partition coefficient (Wildman–Crippen LogP) is 5.03. The zero-order valence-electron chi connectivity index (χ0n) is 18.6. The van der Waals surface area contributed by atoms with E-state index in [0.29, 0.717) is 5.56 Å². The van der Waals surface area contributed by atoms with Crippen LogP contribution in [0.2, 0.25) is 0 Å². The van der Waals surface area contributed by atoms with E-state index in [9.17, 15) is 13.2 Å². The molecule has 31 heavy (non-hydrogen) atoms. The molecule has 1 heterocycles. The summed E-state index contributed by atoms with van der Waals surface area (Å²) in [4.78, 5) is 16.0. The van der Waals surface area contributed by atoms with Gasteiger partial charge in [-0.15, -0.1) is 11.8 Å². The highest BCUT2D eigenvalue weighted by molar-refractivity contribution is 7.98. The van der Waals surface area contributed by atoms with Gasteiger partial charge in [0.15, 0.2) is 0 Å². The molecule has 0 spiro atoms. The van der Waals surface area contributed by atoms with Crippen LogP contribution in [0.5, 0.6) is 0 Å². The van der Waals surface area contributed by atoms with Gasteiger partial charge in [0, 0.05) is 24.0 Å². The summed E-state index contributed by atoms with van der Waals surface area (Å²) in [5.41, 5.74) is 2.59. The molecule has 0 bridgehead atoms. The highest BCUT2D eigenvalue weighted by atomic mass is 32.2. The van der Waals surface area contributed by atoms with Crippen LogP contribution in [0.1, 0.15) is 67.1 Å². The van der Waals surface area contributed by atoms with E-state index in [4.69, 9.17) is 0 Å². The molecule has 5 nitrogen and oxygen atoms in total. The second kappa shape index (κ2) is 10.7. The molecule has 3 rings (SSSR count). The molecule has 2 aromatic carbocycles. The smallest absolute Gasteiger partial charge is 0.255 e. The van der Waals surface area contributed by atoms with E-state index in [1.807, 2.05) is 42.3 Å². The molecule has 2 aromatic rings. The number of carbonyl (C=O) groups is 1. The van der Waals surface area contributed by atoms with Gasteiger partial charge in [-0.25, -0.2) is 13.1 Å². The van der Waals surface area contributed by atoms with Gasteiger partial charge in [-0.1, -0.05) is 44.0 Å². The molecule has 1 N–H and O–H groups in total. The van der Waals surface area contributed by atoms with Crippen molar-refractivity contribution in [1.29, 1.82) is 0 Å². The average molecular weight is 461 g/mol. The Kier molecular flexibility index (Phi) is 8.19. The molecule has 0 aromatic heterocycles. The lowest BCUT2D eigenvalue weighted by Gasteiger charge is -2.22. The summed E-state index contributed by atoms with van der Waals surface area (Å²) in [7, 11) is -3.77. The number of aryl methyl sites for hydroxylation is 1. The third kappa shape index (κ3) is 5.90. The number of hydrogen-bond donors (Lipinski definition) is 1. The van der Waals surface area contributed by atoms with E-state index >= 15 is 0 Å². The Morgan fingerprint density at radius 2 is 1.71 bits per heavy atom. The maximum atomic E-state index is 13.2. The fourth-order valence-electron chi connectivity index (χ4n) is 3.88. The zero-order chi connectivity index (χ0) is 22.4. The second-order valence-electron chi connectivity index (χ2n) is 8.01. The van der Waals surface area contributed by atoms with Gasteiger partial charge in [0.05, 0.1) is 10.5 Å². The van der Waals surface area contributed by atoms with Crippen LogP contribution in [0, 0.1) is 0 Å². The standard InChI is InChI=1S/C24H32N2O3S2/c1-4-19-9-11-20(12-10-19)18(2)25-31(28,29)21-13-14-23(30-3)22(17-21)24(27)26-15-7-5-6-8-16-26/h9-14,17-18,25H,4-8,15-16H2,1-3H3. The first-order chi connectivity index (χ1) is 14.9. The van der Waals surface area contributed by atoms with Gasteiger partial charge < -0.3 is 4.90 Å². The van der Waals surface area contributed by atoms with Crippen LogP contribution in [0.3, 0.4) is 0 Å². The van der Waals surface area contributed by atoms with E-state index in [1.54, 1.807) is 12.1 Å². The lowest BCUT2D eigenvalue weighted by Crippen LogP contribution is -2.32. The van der Waals surface area contributed by atoms with Crippen LogP contribution in [0.4, 0.5) is 0 Å². The Hall–Kier alpha value is -1.83. The van der Waals surface area contributed by atoms with Gasteiger partial charge >= 0.3 is 0 Å². The lowest BCUT2D eigenvalue weighted by atomic mass is 10.1. The highest BCUT2D eigenvalue weighted by Crippen LogP contribution is 2.27. The summed E-state index contributed by atoms with van der Waals surface area (Å²) in [6.45, 7) is 5.38. The number of rotatable bonds is 7. The number of sulfonamides is 1. The van der Waals surface area contributed by atoms with Crippen molar-refractivity contribution in [1.82, 2.24) is 9.62 Å². The van der Waals surface area contributed by atoms with Gasteiger partial charge in [-0.2, -0.15) is 0 Å². The SMILES string of the molecule is CCc1ccc(C(C)NS(=O)(=O)c2ccc(SC)c(C(=O)N3CCCCCC3)c2)cc1. The van der Waals surface area contributed by atoms with Crippen LogP contribution in [-0.4, -0.2) is 38.6 Å². The number of nitrogens with zero attached hydrogens (tertiary/aromatic N) is 1. The van der Waals surface area contributed by atoms with E-state index in [0.717, 1.165) is 55.7 Å². The Balaban J connectivity index is 1.85. The van der Waals surface area contributed by atoms with Crippen molar-refractivity contribution in [2.45, 2.75) is 61.8 Å². The molecule has 1 unspecified atom stereocenters. The van der Waals surface area contributed by atoms with Gasteiger partial charge in [0.1, 0.15) is 0 Å². The van der Waals surface area contributed by atoms with E-state index in [2.05, 4.69) is 11.6 Å². The maximum absolute atomic E-state index is 13.2. The van der Waals surface area contributed by atoms with Crippen LogP contribution >= 0.6 is 11.8 Å². The highest BCUT2D eigenvalue weighted by Gasteiger charge is 2.24. The largest absolute Gasteiger partial charge is 0.339 e. The topological polar surface area (TPSA) is 66.5 Å². The molecule has 1 saturated heterocycles. The number of nitrogens with one attached hydrogen (secondary N) is 1. The van der Waals surface area contributed by atoms with Crippen molar-refractivity contribution in [3.05, 3.63) is 59.2 Å². The summed E-state index contributed by atoms with van der Waals surface area (Å²) in [5, 5.41) is 0. The quantitative estimate of drug-likeness (QED) is 0.589.